The third kappa shape index (κ3) is 2.92. The molecule has 6 heteroatoms. The van der Waals surface area contributed by atoms with Gasteiger partial charge in [0.15, 0.2) is 0 Å². The van der Waals surface area contributed by atoms with Crippen molar-refractivity contribution >= 4 is 11.9 Å². The Morgan fingerprint density at radius 1 is 0.833 bits per heavy atom. The first-order valence-electron chi connectivity index (χ1n) is 14.0. The van der Waals surface area contributed by atoms with E-state index in [0.29, 0.717) is 25.7 Å². The van der Waals surface area contributed by atoms with E-state index in [1.165, 1.54) is 5.57 Å². The molecule has 0 amide bonds. The largest absolute Gasteiger partial charge is 0.549 e. The van der Waals surface area contributed by atoms with E-state index in [9.17, 15) is 30.0 Å². The van der Waals surface area contributed by atoms with Gasteiger partial charge in [0, 0.05) is 10.8 Å². The fourth-order valence-electron chi connectivity index (χ4n) is 10.7. The fourth-order valence-corrected chi connectivity index (χ4v) is 10.7. The van der Waals surface area contributed by atoms with Crippen molar-refractivity contribution in [3.05, 3.63) is 11.6 Å². The van der Waals surface area contributed by atoms with E-state index in [0.717, 1.165) is 32.1 Å². The lowest BCUT2D eigenvalue weighted by molar-refractivity contribution is -0.337. The average Bonchev–Trinajstić information content (AvgIpc) is 2.76. The van der Waals surface area contributed by atoms with Crippen LogP contribution in [0.25, 0.3) is 0 Å². The minimum absolute atomic E-state index is 0.0143. The molecule has 6 nitrogen and oxygen atoms in total. The van der Waals surface area contributed by atoms with Crippen LogP contribution in [0.2, 0.25) is 0 Å². The molecule has 202 valence electrons. The van der Waals surface area contributed by atoms with Gasteiger partial charge in [0.1, 0.15) is 0 Å². The van der Waals surface area contributed by atoms with Crippen molar-refractivity contribution in [1.82, 2.24) is 0 Å². The van der Waals surface area contributed by atoms with Crippen molar-refractivity contribution < 1.29 is 30.0 Å². The van der Waals surface area contributed by atoms with Crippen LogP contribution >= 0.6 is 0 Å². The van der Waals surface area contributed by atoms with E-state index in [1.807, 2.05) is 0 Å². The van der Waals surface area contributed by atoms with Gasteiger partial charge < -0.3 is 30.0 Å². The molecule has 5 aliphatic carbocycles. The van der Waals surface area contributed by atoms with Crippen LogP contribution in [0, 0.1) is 50.2 Å². The number of allylic oxidation sites excluding steroid dienone is 2. The molecule has 0 spiro atoms. The van der Waals surface area contributed by atoms with Crippen molar-refractivity contribution in [2.45, 2.75) is 112 Å². The molecule has 0 saturated heterocycles. The number of aliphatic hydroxyl groups is 2. The third-order valence-electron chi connectivity index (χ3n) is 13.1. The Morgan fingerprint density at radius 2 is 1.50 bits per heavy atom. The molecule has 0 aromatic rings. The van der Waals surface area contributed by atoms with Crippen LogP contribution < -0.4 is 10.2 Å². The zero-order valence-corrected chi connectivity index (χ0v) is 22.9. The van der Waals surface area contributed by atoms with Crippen molar-refractivity contribution in [2.75, 3.05) is 0 Å². The minimum atomic E-state index is -1.29. The molecule has 0 bridgehead atoms. The molecule has 5 aliphatic rings. The first kappa shape index (κ1) is 26.2. The lowest BCUT2D eigenvalue weighted by atomic mass is 9.33. The predicted octanol–water partition coefficient (Wildman–Crippen LogP) is 2.60. The summed E-state index contributed by atoms with van der Waals surface area (Å²) in [5, 5.41) is 47.5. The molecule has 4 saturated carbocycles. The summed E-state index contributed by atoms with van der Waals surface area (Å²) in [6.45, 7) is 12.8. The smallest absolute Gasteiger partial charge is 0.0662 e. The summed E-state index contributed by atoms with van der Waals surface area (Å²) in [7, 11) is 0. The highest BCUT2D eigenvalue weighted by atomic mass is 16.4. The molecule has 4 fully saturated rings. The number of hydrogen-bond acceptors (Lipinski definition) is 6. The summed E-state index contributed by atoms with van der Waals surface area (Å²) in [5.74, 6) is -2.57. The molecule has 0 aliphatic heterocycles. The van der Waals surface area contributed by atoms with E-state index in [-0.39, 0.29) is 34.0 Å². The van der Waals surface area contributed by atoms with Crippen molar-refractivity contribution in [3.63, 3.8) is 0 Å². The maximum Gasteiger partial charge on any atom is 0.0662 e. The Balaban J connectivity index is 1.63. The molecule has 36 heavy (non-hydrogen) atoms. The van der Waals surface area contributed by atoms with E-state index in [1.54, 1.807) is 6.92 Å². The van der Waals surface area contributed by atoms with E-state index >= 15 is 0 Å². The molecular formula is C30H44O6-2. The summed E-state index contributed by atoms with van der Waals surface area (Å²) in [4.78, 5) is 25.1. The number of carbonyl (C=O) groups excluding carboxylic acids is 2. The highest BCUT2D eigenvalue weighted by Crippen LogP contribution is 2.75. The Morgan fingerprint density at radius 3 is 2.11 bits per heavy atom. The van der Waals surface area contributed by atoms with Crippen LogP contribution in [0.3, 0.4) is 0 Å². The zero-order valence-electron chi connectivity index (χ0n) is 22.9. The van der Waals surface area contributed by atoms with Crippen LogP contribution in [0.15, 0.2) is 11.6 Å². The second kappa shape index (κ2) is 7.59. The first-order chi connectivity index (χ1) is 16.5. The van der Waals surface area contributed by atoms with E-state index in [2.05, 4.69) is 40.7 Å². The third-order valence-corrected chi connectivity index (χ3v) is 13.1. The van der Waals surface area contributed by atoms with Gasteiger partial charge in [0.05, 0.1) is 24.1 Å². The Kier molecular flexibility index (Phi) is 5.53. The van der Waals surface area contributed by atoms with Crippen molar-refractivity contribution in [3.8, 4) is 0 Å². The predicted molar refractivity (Wildman–Crippen MR) is 131 cm³/mol. The number of rotatable bonds is 2. The zero-order chi connectivity index (χ0) is 26.7. The molecule has 10 atom stereocenters. The van der Waals surface area contributed by atoms with Gasteiger partial charge in [-0.05, 0) is 97.2 Å². The lowest BCUT2D eigenvalue weighted by Gasteiger charge is -2.72. The van der Waals surface area contributed by atoms with Gasteiger partial charge in [0.25, 0.3) is 0 Å². The van der Waals surface area contributed by atoms with Crippen LogP contribution in [-0.2, 0) is 9.59 Å². The molecule has 2 N–H and O–H groups in total. The summed E-state index contributed by atoms with van der Waals surface area (Å²) in [6, 6.07) is 0. The van der Waals surface area contributed by atoms with Crippen LogP contribution in [0.1, 0.15) is 99.3 Å². The normalized spacial score (nSPS) is 53.7. The monoisotopic (exact) mass is 500 g/mol. The SMILES string of the molecule is CC1(C)CC[C@]2(C(=O)[O-])[C@H](O)C[C@]3(C)C(=CC[C@@H]4[C@@]5(C)CC[C@H](O)[C@@](C)(C(=O)[O-])[C@@H]5CC[C@]43C)[C@@H]2C1. The van der Waals surface area contributed by atoms with Gasteiger partial charge in [-0.1, -0.05) is 53.2 Å². The topological polar surface area (TPSA) is 121 Å². The fraction of sp³-hybridized carbons (Fsp3) is 0.867. The van der Waals surface area contributed by atoms with Crippen LogP contribution in [0.4, 0.5) is 0 Å². The standard InChI is InChI=1S/C30H46O6/c1-25(2)13-14-30(24(35)36)18(15-25)17-7-8-19-26(3)11-10-21(31)29(6,23(33)34)20(26)9-12-27(19,4)28(17,5)16-22(30)32/h7,18-22,31-32H,8-16H2,1-6H3,(H,33,34)(H,35,36)/p-2/t18-,19+,20+,21-,22+,26+,27+,28+,29-,30+/m0/s1. The van der Waals surface area contributed by atoms with E-state index < -0.39 is 40.4 Å². The van der Waals surface area contributed by atoms with Gasteiger partial charge in [-0.2, -0.15) is 0 Å². The Hall–Kier alpha value is -1.40. The molecule has 0 aromatic carbocycles. The average molecular weight is 501 g/mol. The van der Waals surface area contributed by atoms with Gasteiger partial charge >= 0.3 is 0 Å². The molecular weight excluding hydrogens is 456 g/mol. The van der Waals surface area contributed by atoms with Gasteiger partial charge in [-0.25, -0.2) is 0 Å². The van der Waals surface area contributed by atoms with E-state index in [4.69, 9.17) is 0 Å². The Bertz CT molecular complexity index is 1020. The number of aliphatic carboxylic acids is 2. The quantitative estimate of drug-likeness (QED) is 0.562. The highest BCUT2D eigenvalue weighted by molar-refractivity contribution is 5.76. The summed E-state index contributed by atoms with van der Waals surface area (Å²) < 4.78 is 0. The molecule has 0 aromatic heterocycles. The number of carboxylic acid groups (broad SMARTS) is 2. The Labute approximate surface area is 215 Å². The van der Waals surface area contributed by atoms with Crippen LogP contribution in [0.5, 0.6) is 0 Å². The number of carboxylic acids is 2. The second-order valence-corrected chi connectivity index (χ2v) is 14.9. The number of aliphatic hydroxyl groups excluding tert-OH is 2. The molecule has 0 unspecified atom stereocenters. The highest BCUT2D eigenvalue weighted by Gasteiger charge is 2.70. The summed E-state index contributed by atoms with van der Waals surface area (Å²) >= 11 is 0. The molecule has 0 heterocycles. The molecule has 5 rings (SSSR count). The van der Waals surface area contributed by atoms with Gasteiger partial charge in [0.2, 0.25) is 0 Å². The maximum absolute atomic E-state index is 12.7. The number of fused-ring (bicyclic) bond motifs is 7. The minimum Gasteiger partial charge on any atom is -0.549 e. The lowest BCUT2D eigenvalue weighted by Crippen LogP contribution is -2.70. The van der Waals surface area contributed by atoms with Crippen LogP contribution in [-0.4, -0.2) is 34.4 Å². The number of carbonyl (C=O) groups is 2. The number of hydrogen-bond donors (Lipinski definition) is 2. The van der Waals surface area contributed by atoms with Gasteiger partial charge in [-0.15, -0.1) is 0 Å². The van der Waals surface area contributed by atoms with Crippen molar-refractivity contribution in [2.24, 2.45) is 50.2 Å². The summed E-state index contributed by atoms with van der Waals surface area (Å²) in [5.41, 5.74) is -2.28. The summed E-state index contributed by atoms with van der Waals surface area (Å²) in [6.07, 6.45) is 6.08. The first-order valence-corrected chi connectivity index (χ1v) is 14.0. The second-order valence-electron chi connectivity index (χ2n) is 14.9. The van der Waals surface area contributed by atoms with Gasteiger partial charge in [-0.3, -0.25) is 0 Å². The van der Waals surface area contributed by atoms with Crippen molar-refractivity contribution in [1.29, 1.82) is 0 Å². The molecule has 0 radical (unpaired) electrons. The maximum atomic E-state index is 12.7.